The van der Waals surface area contributed by atoms with Crippen molar-refractivity contribution in [3.05, 3.63) is 59.6 Å². The molecular weight excluding hydrogens is 331 g/mol. The van der Waals surface area contributed by atoms with E-state index < -0.39 is 8.26 Å². The Morgan fingerprint density at radius 3 is 1.84 bits per heavy atom. The van der Waals surface area contributed by atoms with Crippen LogP contribution in [0.15, 0.2) is 54.6 Å². The molecule has 0 saturated heterocycles. The lowest BCUT2D eigenvalue weighted by Crippen LogP contribution is -1.83. The lowest BCUT2D eigenvalue weighted by molar-refractivity contribution is 0.483. The second kappa shape index (κ2) is 7.60. The van der Waals surface area contributed by atoms with Crippen LogP contribution in [0.5, 0.6) is 11.5 Å². The van der Waals surface area contributed by atoms with E-state index >= 15 is 0 Å². The topological polar surface area (TPSA) is 43.4 Å². The highest BCUT2D eigenvalue weighted by atomic mass is 36.0. The summed E-state index contributed by atoms with van der Waals surface area (Å²) < 4.78 is 23.9. The summed E-state index contributed by atoms with van der Waals surface area (Å²) in [6.07, 6.45) is 0. The summed E-state index contributed by atoms with van der Waals surface area (Å²) >= 11 is 5.95. The number of hydrogen-bond donors (Lipinski definition) is 0. The van der Waals surface area contributed by atoms with E-state index in [4.69, 9.17) is 24.8 Å². The van der Waals surface area contributed by atoms with Crippen LogP contribution in [-0.2, 0) is 8.26 Å². The quantitative estimate of drug-likeness (QED) is 0.735. The fourth-order valence-electron chi connectivity index (χ4n) is 1.14. The van der Waals surface area contributed by atoms with Gasteiger partial charge in [-0.25, -0.2) is 0 Å². The Balaban J connectivity index is 0.000000312. The van der Waals surface area contributed by atoms with Crippen LogP contribution in [-0.4, -0.2) is 8.42 Å². The van der Waals surface area contributed by atoms with Gasteiger partial charge in [-0.15, -0.1) is 0 Å². The Labute approximate surface area is 125 Å². The molecule has 0 aliphatic rings. The Morgan fingerprint density at radius 2 is 1.32 bits per heavy atom. The third-order valence-electron chi connectivity index (χ3n) is 1.81. The van der Waals surface area contributed by atoms with Gasteiger partial charge in [0.25, 0.3) is 0 Å². The maximum atomic E-state index is 9.16. The number of ether oxygens (including phenoxy) is 1. The van der Waals surface area contributed by atoms with Crippen molar-refractivity contribution < 1.29 is 13.2 Å². The summed E-state index contributed by atoms with van der Waals surface area (Å²) in [7, 11) is 4.81. The second-order valence-corrected chi connectivity index (χ2v) is 7.30. The van der Waals surface area contributed by atoms with Crippen LogP contribution in [0, 0.1) is 0 Å². The lowest BCUT2D eigenvalue weighted by Gasteiger charge is -2.06. The normalized spacial score (nSPS) is 10.3. The van der Waals surface area contributed by atoms with E-state index in [1.54, 1.807) is 6.07 Å². The molecule has 0 aliphatic carbocycles. The van der Waals surface area contributed by atoms with E-state index in [9.17, 15) is 0 Å². The van der Waals surface area contributed by atoms with Crippen LogP contribution >= 0.6 is 33.0 Å². The van der Waals surface area contributed by atoms with E-state index in [0.717, 1.165) is 5.75 Å². The van der Waals surface area contributed by atoms with Crippen LogP contribution in [0.4, 0.5) is 0 Å². The van der Waals surface area contributed by atoms with E-state index in [-0.39, 0.29) is 0 Å². The summed E-state index contributed by atoms with van der Waals surface area (Å²) in [5.41, 5.74) is 0. The van der Waals surface area contributed by atoms with Crippen LogP contribution < -0.4 is 4.74 Å². The molecule has 0 aliphatic heterocycles. The molecule has 2 rings (SSSR count). The van der Waals surface area contributed by atoms with Gasteiger partial charge in [-0.05, 0) is 24.3 Å². The highest BCUT2D eigenvalue weighted by Crippen LogP contribution is 2.28. The van der Waals surface area contributed by atoms with Crippen LogP contribution in [0.1, 0.15) is 0 Å². The summed E-state index contributed by atoms with van der Waals surface area (Å²) in [5.74, 6) is 1.47. The maximum absolute atomic E-state index is 9.16. The van der Waals surface area contributed by atoms with Gasteiger partial charge in [-0.1, -0.05) is 41.9 Å². The predicted molar refractivity (Wildman–Crippen MR) is 78.6 cm³/mol. The molecule has 3 nitrogen and oxygen atoms in total. The van der Waals surface area contributed by atoms with Gasteiger partial charge in [-0.2, -0.15) is 8.42 Å². The zero-order valence-corrected chi connectivity index (χ0v) is 12.5. The van der Waals surface area contributed by atoms with Gasteiger partial charge >= 0.3 is 8.26 Å². The van der Waals surface area contributed by atoms with Crippen LogP contribution in [0.2, 0.25) is 5.02 Å². The van der Waals surface area contributed by atoms with Crippen molar-refractivity contribution in [3.63, 3.8) is 0 Å². The molecule has 0 amide bonds. The van der Waals surface area contributed by atoms with Gasteiger partial charge in [-0.3, -0.25) is 0 Å². The molecule has 0 N–H and O–H groups in total. The molecule has 0 fully saturated rings. The van der Waals surface area contributed by atoms with Gasteiger partial charge in [0.2, 0.25) is 0 Å². The van der Waals surface area contributed by atoms with Gasteiger partial charge in [0.05, 0.1) is 5.02 Å². The molecule has 0 aromatic heterocycles. The van der Waals surface area contributed by atoms with Crippen molar-refractivity contribution in [3.8, 4) is 11.5 Å². The Kier molecular flexibility index (Phi) is 6.45. The molecule has 2 aromatic carbocycles. The zero-order chi connectivity index (χ0) is 14.3. The first kappa shape index (κ1) is 16.1. The molecule has 0 radical (unpaired) electrons. The highest BCUT2D eigenvalue weighted by Gasteiger charge is 2.00. The van der Waals surface area contributed by atoms with Gasteiger partial charge in [0, 0.05) is 21.4 Å². The summed E-state index contributed by atoms with van der Waals surface area (Å²) in [6, 6.07) is 17.0. The van der Waals surface area contributed by atoms with Crippen molar-refractivity contribution in [2.24, 2.45) is 0 Å². The van der Waals surface area contributed by atoms with Crippen molar-refractivity contribution in [1.82, 2.24) is 0 Å². The second-order valence-electron chi connectivity index (χ2n) is 3.22. The first-order valence-electron chi connectivity index (χ1n) is 4.98. The number of hydrogen-bond acceptors (Lipinski definition) is 3. The summed E-state index contributed by atoms with van der Waals surface area (Å²) in [4.78, 5) is 0. The zero-order valence-electron chi connectivity index (χ0n) is 9.46. The van der Waals surface area contributed by atoms with E-state index in [0.29, 0.717) is 10.8 Å². The maximum Gasteiger partial charge on any atom is 0.317 e. The smallest absolute Gasteiger partial charge is 0.317 e. The molecule has 102 valence electrons. The third kappa shape index (κ3) is 7.95. The fraction of sp³-hybridized carbons (Fsp3) is 0. The average molecular weight is 340 g/mol. The Hall–Kier alpha value is -0.940. The third-order valence-corrected chi connectivity index (χ3v) is 2.12. The molecule has 2 aromatic rings. The molecule has 0 heterocycles. The molecule has 0 unspecified atom stereocenters. The Bertz CT molecular complexity index is 607. The molecule has 0 spiro atoms. The van der Waals surface area contributed by atoms with E-state index in [1.165, 1.54) is 0 Å². The predicted octanol–water partition coefficient (Wildman–Crippen LogP) is 4.84. The van der Waals surface area contributed by atoms with E-state index in [2.05, 4.69) is 21.4 Å². The monoisotopic (exact) mass is 338 g/mol. The summed E-state index contributed by atoms with van der Waals surface area (Å²) in [6.45, 7) is 0. The van der Waals surface area contributed by atoms with Crippen molar-refractivity contribution >= 4 is 41.2 Å². The van der Waals surface area contributed by atoms with Crippen LogP contribution in [0.3, 0.4) is 0 Å². The number of para-hydroxylation sites is 2. The fourth-order valence-corrected chi connectivity index (χ4v) is 1.32. The lowest BCUT2D eigenvalue weighted by atomic mass is 10.3. The molecular formula is C12H9Cl3O3S. The summed E-state index contributed by atoms with van der Waals surface area (Å²) in [5, 5.41) is 0.622. The highest BCUT2D eigenvalue weighted by molar-refractivity contribution is 8.31. The molecule has 0 bridgehead atoms. The number of rotatable bonds is 2. The average Bonchev–Trinajstić information content (AvgIpc) is 2.31. The molecule has 19 heavy (non-hydrogen) atoms. The van der Waals surface area contributed by atoms with Gasteiger partial charge in [0.15, 0.2) is 0 Å². The van der Waals surface area contributed by atoms with Gasteiger partial charge in [0.1, 0.15) is 11.5 Å². The largest absolute Gasteiger partial charge is 0.456 e. The van der Waals surface area contributed by atoms with Crippen LogP contribution in [0.25, 0.3) is 0 Å². The first-order chi connectivity index (χ1) is 8.86. The first-order valence-corrected chi connectivity index (χ1v) is 8.49. The van der Waals surface area contributed by atoms with E-state index in [1.807, 2.05) is 48.5 Å². The van der Waals surface area contributed by atoms with Crippen molar-refractivity contribution in [2.45, 2.75) is 0 Å². The number of benzene rings is 2. The minimum atomic E-state index is -3.72. The minimum Gasteiger partial charge on any atom is -0.456 e. The SMILES string of the molecule is Clc1ccccc1Oc1ccccc1.O=S(=O)(Cl)Cl. The standard InChI is InChI=1S/C12H9ClO.Cl2O2S/c13-11-8-4-5-9-12(11)14-10-6-2-1-3-7-10;1-5(2,3)4/h1-9H;. The molecule has 0 atom stereocenters. The van der Waals surface area contributed by atoms with Crippen molar-refractivity contribution in [2.75, 3.05) is 0 Å². The minimum absolute atomic E-state index is 0.622. The molecule has 7 heteroatoms. The molecule has 0 saturated carbocycles. The Morgan fingerprint density at radius 1 is 0.842 bits per heavy atom. The number of halogens is 3. The van der Waals surface area contributed by atoms with Gasteiger partial charge < -0.3 is 4.74 Å². The van der Waals surface area contributed by atoms with Crippen molar-refractivity contribution in [1.29, 1.82) is 0 Å².